The van der Waals surface area contributed by atoms with E-state index in [9.17, 15) is 0 Å². The van der Waals surface area contributed by atoms with E-state index >= 15 is 0 Å². The highest BCUT2D eigenvalue weighted by molar-refractivity contribution is 5.85. The highest BCUT2D eigenvalue weighted by Crippen LogP contribution is 2.30. The van der Waals surface area contributed by atoms with Gasteiger partial charge in [-0.1, -0.05) is 66.7 Å². The Morgan fingerprint density at radius 3 is 2.26 bits per heavy atom. The van der Waals surface area contributed by atoms with Crippen molar-refractivity contribution >= 4 is 17.7 Å². The van der Waals surface area contributed by atoms with Crippen molar-refractivity contribution in [3.8, 4) is 11.3 Å². The molecule has 23 heavy (non-hydrogen) atoms. The van der Waals surface area contributed by atoms with Gasteiger partial charge in [0.2, 0.25) is 0 Å². The first-order chi connectivity index (χ1) is 11.4. The summed E-state index contributed by atoms with van der Waals surface area (Å²) in [6, 6.07) is 26.2. The zero-order valence-electron chi connectivity index (χ0n) is 12.5. The Kier molecular flexibility index (Phi) is 3.45. The number of pyridine rings is 1. The Labute approximate surface area is 134 Å². The molecule has 0 aliphatic heterocycles. The Morgan fingerprint density at radius 1 is 0.783 bits per heavy atom. The average Bonchev–Trinajstić information content (AvgIpc) is 3.00. The summed E-state index contributed by atoms with van der Waals surface area (Å²) in [4.78, 5) is 9.46. The van der Waals surface area contributed by atoms with E-state index in [4.69, 9.17) is 9.98 Å². The van der Waals surface area contributed by atoms with E-state index in [1.165, 1.54) is 0 Å². The SMILES string of the molecule is C(=N\c1c(-c2ccccc2)nc2ccccn12)/c1ccccc1. The first-order valence-electron chi connectivity index (χ1n) is 7.53. The molecule has 4 rings (SSSR count). The van der Waals surface area contributed by atoms with Crippen molar-refractivity contribution in [3.63, 3.8) is 0 Å². The normalized spacial score (nSPS) is 11.3. The molecule has 0 saturated heterocycles. The lowest BCUT2D eigenvalue weighted by Gasteiger charge is -2.00. The minimum Gasteiger partial charge on any atom is -0.284 e. The van der Waals surface area contributed by atoms with E-state index in [-0.39, 0.29) is 0 Å². The molecule has 3 nitrogen and oxygen atoms in total. The van der Waals surface area contributed by atoms with E-state index in [1.807, 2.05) is 83.5 Å². The van der Waals surface area contributed by atoms with Crippen molar-refractivity contribution in [2.24, 2.45) is 4.99 Å². The summed E-state index contributed by atoms with van der Waals surface area (Å²) < 4.78 is 2.02. The molecule has 0 radical (unpaired) electrons. The molecular formula is C20H15N3. The van der Waals surface area contributed by atoms with Gasteiger partial charge in [-0.05, 0) is 17.7 Å². The van der Waals surface area contributed by atoms with Crippen LogP contribution < -0.4 is 0 Å². The van der Waals surface area contributed by atoms with Crippen LogP contribution in [-0.4, -0.2) is 15.6 Å². The van der Waals surface area contributed by atoms with E-state index in [2.05, 4.69) is 12.1 Å². The minimum atomic E-state index is 0.843. The molecule has 110 valence electrons. The Hall–Kier alpha value is -3.20. The third-order valence-electron chi connectivity index (χ3n) is 3.69. The average molecular weight is 297 g/mol. The number of hydrogen-bond acceptors (Lipinski definition) is 2. The molecule has 0 N–H and O–H groups in total. The van der Waals surface area contributed by atoms with E-state index in [0.29, 0.717) is 0 Å². The molecule has 2 aromatic heterocycles. The number of hydrogen-bond donors (Lipinski definition) is 0. The predicted molar refractivity (Wildman–Crippen MR) is 94.3 cm³/mol. The van der Waals surface area contributed by atoms with Crippen LogP contribution in [0.2, 0.25) is 0 Å². The van der Waals surface area contributed by atoms with Crippen LogP contribution in [0.3, 0.4) is 0 Å². The zero-order valence-corrected chi connectivity index (χ0v) is 12.5. The third-order valence-corrected chi connectivity index (χ3v) is 3.69. The zero-order chi connectivity index (χ0) is 15.5. The topological polar surface area (TPSA) is 29.7 Å². The van der Waals surface area contributed by atoms with Crippen LogP contribution in [0.4, 0.5) is 5.82 Å². The molecule has 0 bridgehead atoms. The van der Waals surface area contributed by atoms with Gasteiger partial charge in [-0.3, -0.25) is 4.40 Å². The summed E-state index contributed by atoms with van der Waals surface area (Å²) in [5.74, 6) is 0.843. The maximum Gasteiger partial charge on any atom is 0.165 e. The maximum absolute atomic E-state index is 4.74. The lowest BCUT2D eigenvalue weighted by molar-refractivity contribution is 1.17. The van der Waals surface area contributed by atoms with Gasteiger partial charge in [0.25, 0.3) is 0 Å². The quantitative estimate of drug-likeness (QED) is 0.502. The lowest BCUT2D eigenvalue weighted by atomic mass is 10.1. The lowest BCUT2D eigenvalue weighted by Crippen LogP contribution is -1.84. The largest absolute Gasteiger partial charge is 0.284 e. The second-order valence-corrected chi connectivity index (χ2v) is 5.25. The molecule has 2 aromatic carbocycles. The molecule has 0 atom stereocenters. The van der Waals surface area contributed by atoms with Gasteiger partial charge in [0.1, 0.15) is 11.3 Å². The maximum atomic E-state index is 4.74. The Balaban J connectivity index is 1.88. The van der Waals surface area contributed by atoms with Crippen LogP contribution in [0.25, 0.3) is 16.9 Å². The van der Waals surface area contributed by atoms with Crippen LogP contribution in [0.5, 0.6) is 0 Å². The number of imidazole rings is 1. The smallest absolute Gasteiger partial charge is 0.165 e. The van der Waals surface area contributed by atoms with Gasteiger partial charge in [-0.25, -0.2) is 9.98 Å². The third kappa shape index (κ3) is 2.64. The minimum absolute atomic E-state index is 0.843. The highest BCUT2D eigenvalue weighted by Gasteiger charge is 2.12. The summed E-state index contributed by atoms with van der Waals surface area (Å²) in [7, 11) is 0. The van der Waals surface area contributed by atoms with E-state index < -0.39 is 0 Å². The Bertz CT molecular complexity index is 954. The molecule has 0 amide bonds. The summed E-state index contributed by atoms with van der Waals surface area (Å²) in [5.41, 5.74) is 3.92. The second-order valence-electron chi connectivity index (χ2n) is 5.25. The molecule has 0 spiro atoms. The summed E-state index contributed by atoms with van der Waals surface area (Å²) >= 11 is 0. The number of aromatic nitrogens is 2. The van der Waals surface area contributed by atoms with Crippen molar-refractivity contribution < 1.29 is 0 Å². The van der Waals surface area contributed by atoms with Crippen LogP contribution >= 0.6 is 0 Å². The van der Waals surface area contributed by atoms with Gasteiger partial charge in [0.05, 0.1) is 0 Å². The van der Waals surface area contributed by atoms with Gasteiger partial charge in [0.15, 0.2) is 5.82 Å². The van der Waals surface area contributed by atoms with Crippen LogP contribution in [0.15, 0.2) is 90.1 Å². The fourth-order valence-corrected chi connectivity index (χ4v) is 2.57. The number of benzene rings is 2. The first kappa shape index (κ1) is 13.5. The fourth-order valence-electron chi connectivity index (χ4n) is 2.57. The number of aliphatic imine (C=N–C) groups is 1. The second kappa shape index (κ2) is 5.89. The molecule has 2 heterocycles. The molecule has 3 heteroatoms. The Morgan fingerprint density at radius 2 is 1.48 bits per heavy atom. The summed E-state index contributed by atoms with van der Waals surface area (Å²) in [6.07, 6.45) is 3.87. The van der Waals surface area contributed by atoms with Crippen molar-refractivity contribution in [2.75, 3.05) is 0 Å². The highest BCUT2D eigenvalue weighted by atomic mass is 15.1. The molecule has 4 aromatic rings. The van der Waals surface area contributed by atoms with Crippen molar-refractivity contribution in [1.29, 1.82) is 0 Å². The van der Waals surface area contributed by atoms with E-state index in [0.717, 1.165) is 28.3 Å². The van der Waals surface area contributed by atoms with Crippen LogP contribution in [0.1, 0.15) is 5.56 Å². The number of fused-ring (bicyclic) bond motifs is 1. The van der Waals surface area contributed by atoms with E-state index in [1.54, 1.807) is 0 Å². The van der Waals surface area contributed by atoms with Crippen LogP contribution in [-0.2, 0) is 0 Å². The van der Waals surface area contributed by atoms with Crippen LogP contribution in [0, 0.1) is 0 Å². The number of rotatable bonds is 3. The summed E-state index contributed by atoms with van der Waals surface area (Å²) in [5, 5.41) is 0. The van der Waals surface area contributed by atoms with Gasteiger partial charge >= 0.3 is 0 Å². The molecule has 0 fully saturated rings. The van der Waals surface area contributed by atoms with Crippen molar-refractivity contribution in [3.05, 3.63) is 90.6 Å². The first-order valence-corrected chi connectivity index (χ1v) is 7.53. The fraction of sp³-hybridized carbons (Fsp3) is 0. The predicted octanol–water partition coefficient (Wildman–Crippen LogP) is 4.75. The monoisotopic (exact) mass is 297 g/mol. The number of nitrogens with zero attached hydrogens (tertiary/aromatic N) is 3. The van der Waals surface area contributed by atoms with Gasteiger partial charge in [-0.2, -0.15) is 0 Å². The molecule has 0 aliphatic rings. The van der Waals surface area contributed by atoms with Crippen molar-refractivity contribution in [1.82, 2.24) is 9.38 Å². The van der Waals surface area contributed by atoms with Gasteiger partial charge in [0, 0.05) is 18.0 Å². The van der Waals surface area contributed by atoms with Gasteiger partial charge in [-0.15, -0.1) is 0 Å². The van der Waals surface area contributed by atoms with Crippen molar-refractivity contribution in [2.45, 2.75) is 0 Å². The molecule has 0 unspecified atom stereocenters. The summed E-state index contributed by atoms with van der Waals surface area (Å²) in [6.45, 7) is 0. The standard InChI is InChI=1S/C20H15N3/c1-3-9-16(10-4-1)15-21-20-19(17-11-5-2-6-12-17)22-18-13-7-8-14-23(18)20/h1-15H/b21-15+. The van der Waals surface area contributed by atoms with Gasteiger partial charge < -0.3 is 0 Å². The molecular weight excluding hydrogens is 282 g/mol. The molecule has 0 saturated carbocycles. The molecule has 0 aliphatic carbocycles.